The molecule has 0 aromatic carbocycles. The van der Waals surface area contributed by atoms with Crippen molar-refractivity contribution in [1.82, 2.24) is 0 Å². The molecular weight excluding hydrogens is 140 g/mol. The summed E-state index contributed by atoms with van der Waals surface area (Å²) >= 11 is 0. The van der Waals surface area contributed by atoms with Crippen LogP contribution in [0.1, 0.15) is 32.6 Å². The van der Waals surface area contributed by atoms with Crippen LogP contribution >= 0.6 is 10.0 Å². The maximum Gasteiger partial charge on any atom is -0.00343 e. The maximum absolute atomic E-state index is 2.30. The van der Waals surface area contributed by atoms with Crippen LogP contribution in [0.25, 0.3) is 0 Å². The molecule has 1 unspecified atom stereocenters. The van der Waals surface area contributed by atoms with Crippen molar-refractivity contribution in [3.05, 3.63) is 0 Å². The van der Waals surface area contributed by atoms with Crippen LogP contribution in [0.2, 0.25) is 0 Å². The number of unbranched alkanes of at least 4 members (excludes halogenated alkanes) is 2. The van der Waals surface area contributed by atoms with Gasteiger partial charge in [0.2, 0.25) is 0 Å². The van der Waals surface area contributed by atoms with Crippen molar-refractivity contribution in [1.29, 1.82) is 0 Å². The van der Waals surface area contributed by atoms with Crippen LogP contribution in [0.3, 0.4) is 0 Å². The van der Waals surface area contributed by atoms with Crippen LogP contribution in [0.15, 0.2) is 0 Å². The van der Waals surface area contributed by atoms with E-state index in [9.17, 15) is 0 Å². The highest BCUT2D eigenvalue weighted by Gasteiger charge is 2.56. The van der Waals surface area contributed by atoms with Gasteiger partial charge >= 0.3 is 0 Å². The van der Waals surface area contributed by atoms with E-state index in [2.05, 4.69) is 6.92 Å². The van der Waals surface area contributed by atoms with E-state index in [0.29, 0.717) is 0 Å². The zero-order chi connectivity index (χ0) is 7.03. The number of rotatable bonds is 4. The van der Waals surface area contributed by atoms with Crippen molar-refractivity contribution in [2.75, 3.05) is 17.3 Å². The Hall–Kier alpha value is 0.350. The zero-order valence-corrected chi connectivity index (χ0v) is 7.75. The van der Waals surface area contributed by atoms with Gasteiger partial charge in [-0.1, -0.05) is 26.2 Å². The van der Waals surface area contributed by atoms with Gasteiger partial charge in [0.1, 0.15) is 0 Å². The summed E-state index contributed by atoms with van der Waals surface area (Å²) in [6.07, 6.45) is 5.99. The molecule has 0 nitrogen and oxygen atoms in total. The van der Waals surface area contributed by atoms with E-state index in [1.54, 1.807) is 23.7 Å². The Labute approximate surface area is 65.7 Å². The molecule has 1 heteroatoms. The third kappa shape index (κ3) is 1.20. The summed E-state index contributed by atoms with van der Waals surface area (Å²) in [7, 11) is 0.212. The van der Waals surface area contributed by atoms with Gasteiger partial charge in [-0.3, -0.25) is 0 Å². The van der Waals surface area contributed by atoms with Crippen LogP contribution in [-0.4, -0.2) is 22.5 Å². The molecule has 2 fully saturated rings. The van der Waals surface area contributed by atoms with Crippen LogP contribution in [-0.2, 0) is 0 Å². The average molecular weight is 158 g/mol. The predicted octanol–water partition coefficient (Wildman–Crippen LogP) is 2.77. The number of hydrogen-bond acceptors (Lipinski definition) is 0. The van der Waals surface area contributed by atoms with Gasteiger partial charge in [0.05, 0.1) is 0 Å². The molecule has 0 bridgehead atoms. The van der Waals surface area contributed by atoms with Crippen LogP contribution in [0.5, 0.6) is 0 Å². The normalized spacial score (nSPS) is 35.9. The number of hydrogen-bond donors (Lipinski definition) is 0. The average Bonchev–Trinajstić information content (AvgIpc) is 2.79. The largest absolute Gasteiger partial charge is 0.235 e. The molecule has 2 aliphatic heterocycles. The lowest BCUT2D eigenvalue weighted by Crippen LogP contribution is -1.83. The van der Waals surface area contributed by atoms with Crippen molar-refractivity contribution in [3.63, 3.8) is 0 Å². The monoisotopic (exact) mass is 158 g/mol. The minimum atomic E-state index is 0.212. The van der Waals surface area contributed by atoms with Gasteiger partial charge in [-0.2, -0.15) is 0 Å². The first-order valence-electron chi connectivity index (χ1n) is 4.63. The molecule has 60 valence electrons. The lowest BCUT2D eigenvalue weighted by atomic mass is 10.2. The van der Waals surface area contributed by atoms with Crippen molar-refractivity contribution < 1.29 is 0 Å². The van der Waals surface area contributed by atoms with E-state index in [4.69, 9.17) is 0 Å². The minimum Gasteiger partial charge on any atom is -0.235 e. The maximum atomic E-state index is 2.30. The van der Waals surface area contributed by atoms with Crippen molar-refractivity contribution >= 4 is 10.0 Å². The van der Waals surface area contributed by atoms with Gasteiger partial charge < -0.3 is 0 Å². The highest BCUT2D eigenvalue weighted by molar-refractivity contribution is 8.45. The second kappa shape index (κ2) is 2.44. The predicted molar refractivity (Wildman–Crippen MR) is 50.1 cm³/mol. The fourth-order valence-electron chi connectivity index (χ4n) is 1.89. The minimum absolute atomic E-state index is 0.212. The Morgan fingerprint density at radius 2 is 2.10 bits per heavy atom. The Kier molecular flexibility index (Phi) is 1.71. The lowest BCUT2D eigenvalue weighted by Gasteiger charge is -1.96. The molecule has 10 heavy (non-hydrogen) atoms. The molecule has 2 heterocycles. The van der Waals surface area contributed by atoms with E-state index >= 15 is 0 Å². The van der Waals surface area contributed by atoms with Gasteiger partial charge in [0, 0.05) is 0 Å². The fraction of sp³-hybridized carbons (Fsp3) is 1.00. The van der Waals surface area contributed by atoms with Gasteiger partial charge in [-0.15, -0.1) is 0 Å². The van der Waals surface area contributed by atoms with Crippen LogP contribution in [0, 0.1) is 0 Å². The molecule has 0 saturated carbocycles. The molecule has 2 aliphatic rings. The van der Waals surface area contributed by atoms with Crippen LogP contribution in [0.4, 0.5) is 0 Å². The molecule has 0 aromatic rings. The molecule has 2 rings (SSSR count). The zero-order valence-electron chi connectivity index (χ0n) is 6.94. The van der Waals surface area contributed by atoms with E-state index < -0.39 is 0 Å². The molecule has 0 N–H and O–H groups in total. The highest BCUT2D eigenvalue weighted by atomic mass is 32.3. The molecule has 0 amide bonds. The topological polar surface area (TPSA) is 0 Å². The summed E-state index contributed by atoms with van der Waals surface area (Å²) in [4.78, 5) is 0. The SMILES string of the molecule is CCCCCC1CS12CC2. The van der Waals surface area contributed by atoms with E-state index in [1.807, 2.05) is 0 Å². The summed E-state index contributed by atoms with van der Waals surface area (Å²) in [5.74, 6) is 4.99. The Morgan fingerprint density at radius 1 is 1.30 bits per heavy atom. The summed E-state index contributed by atoms with van der Waals surface area (Å²) < 4.78 is 0. The summed E-state index contributed by atoms with van der Waals surface area (Å²) in [6.45, 7) is 2.30. The first kappa shape index (κ1) is 7.02. The third-order valence-electron chi connectivity index (χ3n) is 2.97. The van der Waals surface area contributed by atoms with Gasteiger partial charge in [-0.25, -0.2) is 10.0 Å². The van der Waals surface area contributed by atoms with E-state index in [-0.39, 0.29) is 10.0 Å². The van der Waals surface area contributed by atoms with Crippen molar-refractivity contribution in [3.8, 4) is 0 Å². The highest BCUT2D eigenvalue weighted by Crippen LogP contribution is 2.79. The second-order valence-electron chi connectivity index (χ2n) is 3.81. The first-order chi connectivity index (χ1) is 4.87. The van der Waals surface area contributed by atoms with E-state index in [1.165, 1.54) is 24.5 Å². The summed E-state index contributed by atoms with van der Waals surface area (Å²) in [6, 6.07) is 0. The third-order valence-corrected chi connectivity index (χ3v) is 6.88. The Morgan fingerprint density at radius 3 is 2.60 bits per heavy atom. The van der Waals surface area contributed by atoms with Crippen LogP contribution < -0.4 is 0 Å². The van der Waals surface area contributed by atoms with Gasteiger partial charge in [-0.05, 0) is 28.9 Å². The van der Waals surface area contributed by atoms with Gasteiger partial charge in [0.15, 0.2) is 0 Å². The quantitative estimate of drug-likeness (QED) is 0.436. The lowest BCUT2D eigenvalue weighted by molar-refractivity contribution is 0.681. The molecular formula is C9H18S. The molecule has 0 radical (unpaired) electrons. The van der Waals surface area contributed by atoms with Gasteiger partial charge in [0.25, 0.3) is 0 Å². The first-order valence-corrected chi connectivity index (χ1v) is 6.83. The molecule has 2 saturated heterocycles. The molecule has 0 aromatic heterocycles. The molecule has 1 atom stereocenters. The fourth-order valence-corrected chi connectivity index (χ4v) is 5.82. The van der Waals surface area contributed by atoms with Crippen molar-refractivity contribution in [2.24, 2.45) is 0 Å². The standard InChI is InChI=1S/C9H18S/c1-2-3-4-5-9-8-10(9)6-7-10/h9H,2-8H2,1H3. The molecule has 0 aliphatic carbocycles. The summed E-state index contributed by atoms with van der Waals surface area (Å²) in [5, 5.41) is 1.26. The molecule has 1 spiro atoms. The Bertz CT molecular complexity index is 127. The second-order valence-corrected chi connectivity index (χ2v) is 7.85. The summed E-state index contributed by atoms with van der Waals surface area (Å²) in [5.41, 5.74) is 0. The smallest absolute Gasteiger partial charge is 0.00343 e. The van der Waals surface area contributed by atoms with E-state index in [0.717, 1.165) is 0 Å². The Balaban J connectivity index is 1.57. The van der Waals surface area contributed by atoms with Crippen molar-refractivity contribution in [2.45, 2.75) is 37.9 Å².